The van der Waals surface area contributed by atoms with Crippen LogP contribution in [0.1, 0.15) is 203 Å². The highest BCUT2D eigenvalue weighted by Crippen LogP contribution is 2.61. The van der Waals surface area contributed by atoms with E-state index in [1.807, 2.05) is 0 Å². The van der Waals surface area contributed by atoms with Gasteiger partial charge in [0.15, 0.2) is 0 Å². The van der Waals surface area contributed by atoms with Crippen LogP contribution in [0.2, 0.25) is 0 Å². The Bertz CT molecular complexity index is 833. The quantitative estimate of drug-likeness (QED) is 0.273. The molecule has 3 atom stereocenters. The molecule has 12 saturated carbocycles. The molecule has 0 aromatic heterocycles. The van der Waals surface area contributed by atoms with Crippen molar-refractivity contribution in [3.8, 4) is 0 Å². The standard InChI is InChI=1S/C12H20.C12H22.C11H20.C10H18/c1-2-12-6-9-3-10(7-12)5-11(4-9)8-12;1-11-5-9-12(10-6-11)7-3-2-4-8-12;1-8-9-4-6-10(7-5-9)11(8,2)3;1-7-8(2)10-5-3-9(7)4-6-10/h9-11H,2-8H2,1H3;11H,2-10H2,1H3;8-10H,4-7H2,1-3H3;7-10H,3-6H2,1-2H3/t;;8-,9?,10?;7-,8?,9?,10?/m..10/s1. The van der Waals surface area contributed by atoms with Gasteiger partial charge in [0.25, 0.3) is 0 Å². The Morgan fingerprint density at radius 2 is 0.956 bits per heavy atom. The summed E-state index contributed by atoms with van der Waals surface area (Å²) < 4.78 is 0. The summed E-state index contributed by atoms with van der Waals surface area (Å²) in [5, 5.41) is 0. The van der Waals surface area contributed by atoms with Gasteiger partial charge in [-0.1, -0.05) is 87.0 Å². The van der Waals surface area contributed by atoms with Crippen LogP contribution in [-0.2, 0) is 0 Å². The molecule has 8 bridgehead atoms. The van der Waals surface area contributed by atoms with Crippen LogP contribution in [0.15, 0.2) is 0 Å². The summed E-state index contributed by atoms with van der Waals surface area (Å²) in [6.45, 7) is 17.2. The van der Waals surface area contributed by atoms with E-state index in [-0.39, 0.29) is 0 Å². The predicted octanol–water partition coefficient (Wildman–Crippen LogP) is 14.3. The van der Waals surface area contributed by atoms with Gasteiger partial charge >= 0.3 is 0 Å². The Kier molecular flexibility index (Phi) is 11.2. The van der Waals surface area contributed by atoms with Crippen LogP contribution in [0.3, 0.4) is 0 Å². The third kappa shape index (κ3) is 7.76. The summed E-state index contributed by atoms with van der Waals surface area (Å²) in [7, 11) is 0. The average molecular weight is 621 g/mol. The van der Waals surface area contributed by atoms with Crippen molar-refractivity contribution in [1.29, 1.82) is 0 Å². The van der Waals surface area contributed by atoms with Gasteiger partial charge in [-0.15, -0.1) is 0 Å². The molecule has 260 valence electrons. The second kappa shape index (κ2) is 14.5. The van der Waals surface area contributed by atoms with Crippen molar-refractivity contribution in [3.63, 3.8) is 0 Å². The summed E-state index contributed by atoms with van der Waals surface area (Å²) in [5.74, 6) is 11.8. The highest BCUT2D eigenvalue weighted by atomic mass is 14.5. The molecule has 0 N–H and O–H groups in total. The molecule has 0 aromatic rings. The Hall–Kier alpha value is 0. The zero-order chi connectivity index (χ0) is 31.8. The lowest BCUT2D eigenvalue weighted by atomic mass is 9.49. The van der Waals surface area contributed by atoms with Crippen molar-refractivity contribution in [2.24, 2.45) is 81.3 Å². The lowest BCUT2D eigenvalue weighted by Crippen LogP contribution is -2.45. The van der Waals surface area contributed by atoms with E-state index >= 15 is 0 Å². The van der Waals surface area contributed by atoms with Gasteiger partial charge < -0.3 is 0 Å². The summed E-state index contributed by atoms with van der Waals surface area (Å²) in [4.78, 5) is 0. The smallest absolute Gasteiger partial charge is 0.0292 e. The lowest BCUT2D eigenvalue weighted by molar-refractivity contribution is -0.0545. The van der Waals surface area contributed by atoms with Gasteiger partial charge in [-0.25, -0.2) is 0 Å². The van der Waals surface area contributed by atoms with Crippen molar-refractivity contribution in [1.82, 2.24) is 0 Å². The van der Waals surface area contributed by atoms with Crippen LogP contribution >= 0.6 is 0 Å². The molecule has 1 unspecified atom stereocenters. The summed E-state index contributed by atoms with van der Waals surface area (Å²) >= 11 is 0. The molecule has 1 spiro atoms. The maximum Gasteiger partial charge on any atom is -0.0292 e. The highest BCUT2D eigenvalue weighted by Gasteiger charge is 2.50. The Labute approximate surface area is 283 Å². The third-order valence-corrected chi connectivity index (χ3v) is 18.0. The molecule has 0 aliphatic heterocycles. The maximum atomic E-state index is 2.48. The molecule has 12 fully saturated rings. The van der Waals surface area contributed by atoms with Crippen LogP contribution in [0.25, 0.3) is 0 Å². The Morgan fingerprint density at radius 1 is 0.511 bits per heavy atom. The van der Waals surface area contributed by atoms with Crippen LogP contribution in [-0.4, -0.2) is 0 Å². The molecule has 0 amide bonds. The van der Waals surface area contributed by atoms with Gasteiger partial charge in [-0.3, -0.25) is 0 Å². The fraction of sp³-hybridized carbons (Fsp3) is 1.00. The van der Waals surface area contributed by atoms with E-state index < -0.39 is 0 Å². The van der Waals surface area contributed by atoms with Crippen LogP contribution < -0.4 is 0 Å². The molecule has 12 rings (SSSR count). The third-order valence-electron chi connectivity index (χ3n) is 18.0. The summed E-state index contributed by atoms with van der Waals surface area (Å²) in [6, 6.07) is 0. The summed E-state index contributed by atoms with van der Waals surface area (Å²) in [6.07, 6.45) is 37.1. The van der Waals surface area contributed by atoms with E-state index in [2.05, 4.69) is 48.5 Å². The largest absolute Gasteiger partial charge is 0.0649 e. The molecule has 0 aromatic carbocycles. The Balaban J connectivity index is 0.000000106. The lowest BCUT2D eigenvalue weighted by Gasteiger charge is -2.56. The monoisotopic (exact) mass is 621 g/mol. The van der Waals surface area contributed by atoms with Crippen LogP contribution in [0, 0.1) is 81.3 Å². The first-order valence-electron chi connectivity index (χ1n) is 21.5. The predicted molar refractivity (Wildman–Crippen MR) is 196 cm³/mol. The van der Waals surface area contributed by atoms with Crippen molar-refractivity contribution >= 4 is 0 Å². The van der Waals surface area contributed by atoms with Gasteiger partial charge in [0.05, 0.1) is 0 Å². The van der Waals surface area contributed by atoms with E-state index in [9.17, 15) is 0 Å². The first-order chi connectivity index (χ1) is 21.5. The van der Waals surface area contributed by atoms with E-state index in [4.69, 9.17) is 0 Å². The minimum atomic E-state index is 0.654. The molecule has 12 aliphatic carbocycles. The molecule has 0 heterocycles. The van der Waals surface area contributed by atoms with E-state index in [1.165, 1.54) is 89.9 Å². The normalized spacial score (nSPS) is 46.7. The molecule has 0 heteroatoms. The zero-order valence-electron chi connectivity index (χ0n) is 31.8. The molecule has 45 heavy (non-hydrogen) atoms. The molecular weight excluding hydrogens is 540 g/mol. The fourth-order valence-electron chi connectivity index (χ4n) is 14.3. The zero-order valence-corrected chi connectivity index (χ0v) is 31.8. The number of fused-ring (bicyclic) bond motifs is 6. The van der Waals surface area contributed by atoms with E-state index in [1.54, 1.807) is 64.2 Å². The van der Waals surface area contributed by atoms with E-state index in [0.29, 0.717) is 5.41 Å². The minimum absolute atomic E-state index is 0.654. The second-order valence-corrected chi connectivity index (χ2v) is 20.6. The Morgan fingerprint density at radius 3 is 1.31 bits per heavy atom. The maximum absolute atomic E-state index is 2.48. The van der Waals surface area contributed by atoms with Crippen molar-refractivity contribution < 1.29 is 0 Å². The van der Waals surface area contributed by atoms with Gasteiger partial charge in [0.2, 0.25) is 0 Å². The molecule has 0 radical (unpaired) electrons. The van der Waals surface area contributed by atoms with Crippen molar-refractivity contribution in [2.45, 2.75) is 203 Å². The van der Waals surface area contributed by atoms with Gasteiger partial charge in [0.1, 0.15) is 0 Å². The highest BCUT2D eigenvalue weighted by molar-refractivity contribution is 5.01. The summed E-state index contributed by atoms with van der Waals surface area (Å²) in [5.41, 5.74) is 2.33. The number of hydrogen-bond acceptors (Lipinski definition) is 0. The minimum Gasteiger partial charge on any atom is -0.0649 e. The topological polar surface area (TPSA) is 0 Å². The molecule has 0 nitrogen and oxygen atoms in total. The van der Waals surface area contributed by atoms with E-state index in [0.717, 1.165) is 75.9 Å². The SMILES string of the molecule is CC1C2CCC(CC2)[C@H]1C.CC1CCC2(CCCCC2)CC1.CCC12CC3CC(CC(C3)C1)C2.C[C@@H]1C2CCC(CC2)C1(C)C. The molecular formula is C45H80. The van der Waals surface area contributed by atoms with Crippen LogP contribution in [0.5, 0.6) is 0 Å². The molecule has 0 saturated heterocycles. The van der Waals surface area contributed by atoms with Crippen LogP contribution in [0.4, 0.5) is 0 Å². The molecule has 12 aliphatic rings. The van der Waals surface area contributed by atoms with Gasteiger partial charge in [0, 0.05) is 0 Å². The average Bonchev–Trinajstić information content (AvgIpc) is 3.05. The first kappa shape index (κ1) is 34.8. The van der Waals surface area contributed by atoms with Crippen molar-refractivity contribution in [2.75, 3.05) is 0 Å². The number of rotatable bonds is 1. The second-order valence-electron chi connectivity index (χ2n) is 20.6. The fourth-order valence-corrected chi connectivity index (χ4v) is 14.3. The van der Waals surface area contributed by atoms with Gasteiger partial charge in [-0.2, -0.15) is 0 Å². The first-order valence-corrected chi connectivity index (χ1v) is 21.5. The van der Waals surface area contributed by atoms with Crippen molar-refractivity contribution in [3.05, 3.63) is 0 Å². The number of hydrogen-bond donors (Lipinski definition) is 0. The van der Waals surface area contributed by atoms with Gasteiger partial charge in [-0.05, 0) is 197 Å².